The number of hydrazone groups is 1. The molecule has 2 fully saturated rings. The first-order valence-electron chi connectivity index (χ1n) is 10.2. The predicted octanol–water partition coefficient (Wildman–Crippen LogP) is 4.08. The number of amides is 2. The van der Waals surface area contributed by atoms with E-state index in [0.717, 1.165) is 21.5 Å². The lowest BCUT2D eigenvalue weighted by Crippen LogP contribution is -2.28. The van der Waals surface area contributed by atoms with Gasteiger partial charge < -0.3 is 4.74 Å². The van der Waals surface area contributed by atoms with Crippen LogP contribution in [0.1, 0.15) is 17.5 Å². The second-order valence-corrected chi connectivity index (χ2v) is 9.04. The van der Waals surface area contributed by atoms with Gasteiger partial charge in [-0.05, 0) is 54.2 Å². The van der Waals surface area contributed by atoms with Crippen molar-refractivity contribution in [2.24, 2.45) is 28.8 Å². The highest BCUT2D eigenvalue weighted by Gasteiger charge is 2.59. The number of carbonyl (C=O) groups is 2. The van der Waals surface area contributed by atoms with Crippen molar-refractivity contribution in [3.63, 3.8) is 0 Å². The fourth-order valence-corrected chi connectivity index (χ4v) is 5.13. The maximum Gasteiger partial charge on any atom is 0.269 e. The number of non-ortho nitro benzene ring substituents is 1. The molecule has 0 radical (unpaired) electrons. The van der Waals surface area contributed by atoms with E-state index in [1.807, 2.05) is 18.2 Å². The van der Waals surface area contributed by atoms with Crippen molar-refractivity contribution in [1.82, 2.24) is 5.01 Å². The number of benzene rings is 2. The number of ether oxygens (including phenoxy) is 1. The molecule has 9 heteroatoms. The Morgan fingerprint density at radius 1 is 1.09 bits per heavy atom. The highest BCUT2D eigenvalue weighted by molar-refractivity contribution is 9.10. The Balaban J connectivity index is 1.32. The zero-order valence-electron chi connectivity index (χ0n) is 16.8. The Labute approximate surface area is 191 Å². The third-order valence-corrected chi connectivity index (χ3v) is 6.77. The molecule has 2 bridgehead atoms. The van der Waals surface area contributed by atoms with Crippen LogP contribution in [-0.2, 0) is 16.2 Å². The summed E-state index contributed by atoms with van der Waals surface area (Å²) in [4.78, 5) is 36.0. The molecule has 3 aliphatic rings. The van der Waals surface area contributed by atoms with Gasteiger partial charge >= 0.3 is 0 Å². The largest absolute Gasteiger partial charge is 0.488 e. The molecule has 0 N–H and O–H groups in total. The molecule has 2 aromatic carbocycles. The van der Waals surface area contributed by atoms with Crippen LogP contribution in [0.5, 0.6) is 5.75 Å². The molecule has 1 aliphatic heterocycles. The molecule has 2 amide bonds. The average Bonchev–Trinajstić information content (AvgIpc) is 3.46. The molecule has 4 atom stereocenters. The summed E-state index contributed by atoms with van der Waals surface area (Å²) in [5.41, 5.74) is 1.38. The topological polar surface area (TPSA) is 102 Å². The summed E-state index contributed by atoms with van der Waals surface area (Å²) in [6.45, 7) is 0.196. The summed E-state index contributed by atoms with van der Waals surface area (Å²) in [7, 11) is 0. The van der Waals surface area contributed by atoms with Crippen molar-refractivity contribution in [2.45, 2.75) is 13.0 Å². The summed E-state index contributed by atoms with van der Waals surface area (Å²) in [5.74, 6) is -0.296. The molecule has 32 heavy (non-hydrogen) atoms. The van der Waals surface area contributed by atoms with Gasteiger partial charge in [-0.2, -0.15) is 10.1 Å². The quantitative estimate of drug-likeness (QED) is 0.197. The zero-order valence-corrected chi connectivity index (χ0v) is 18.3. The van der Waals surface area contributed by atoms with Gasteiger partial charge in [0, 0.05) is 22.2 Å². The number of hydrogen-bond donors (Lipinski definition) is 0. The number of imide groups is 1. The van der Waals surface area contributed by atoms with E-state index < -0.39 is 4.92 Å². The van der Waals surface area contributed by atoms with Crippen molar-refractivity contribution in [3.8, 4) is 5.75 Å². The number of allylic oxidation sites excluding steroid dienone is 2. The molecule has 0 spiro atoms. The summed E-state index contributed by atoms with van der Waals surface area (Å²) in [5, 5.41) is 16.0. The van der Waals surface area contributed by atoms with Crippen LogP contribution in [0, 0.1) is 33.8 Å². The van der Waals surface area contributed by atoms with E-state index in [1.54, 1.807) is 24.3 Å². The normalized spacial score (nSPS) is 25.7. The number of carbonyl (C=O) groups excluding carboxylic acids is 2. The lowest BCUT2D eigenvalue weighted by atomic mass is 9.85. The molecule has 2 aromatic rings. The van der Waals surface area contributed by atoms with Crippen molar-refractivity contribution in [2.75, 3.05) is 0 Å². The molecular weight excluding hydrogens is 478 g/mol. The van der Waals surface area contributed by atoms with Gasteiger partial charge in [-0.25, -0.2) is 0 Å². The van der Waals surface area contributed by atoms with Crippen molar-refractivity contribution >= 4 is 39.6 Å². The minimum Gasteiger partial charge on any atom is -0.488 e. The Kier molecular flexibility index (Phi) is 5.13. The van der Waals surface area contributed by atoms with Gasteiger partial charge in [0.2, 0.25) is 0 Å². The Bertz CT molecular complexity index is 1150. The number of nitrogens with zero attached hydrogens (tertiary/aromatic N) is 3. The van der Waals surface area contributed by atoms with E-state index >= 15 is 0 Å². The number of halogens is 1. The second kappa shape index (κ2) is 7.98. The second-order valence-electron chi connectivity index (χ2n) is 8.13. The van der Waals surface area contributed by atoms with Gasteiger partial charge in [-0.3, -0.25) is 19.7 Å². The number of nitro benzene ring substituents is 1. The summed E-state index contributed by atoms with van der Waals surface area (Å²) >= 11 is 3.42. The zero-order chi connectivity index (χ0) is 22.4. The number of hydrogen-bond acceptors (Lipinski definition) is 6. The number of fused-ring (bicyclic) bond motifs is 5. The number of nitro groups is 1. The van der Waals surface area contributed by atoms with E-state index in [2.05, 4.69) is 21.0 Å². The minimum absolute atomic E-state index is 0.0126. The fourth-order valence-electron chi connectivity index (χ4n) is 4.75. The van der Waals surface area contributed by atoms with E-state index in [-0.39, 0.29) is 47.8 Å². The highest BCUT2D eigenvalue weighted by atomic mass is 79.9. The SMILES string of the molecule is O=C1[C@@H]2[C@H](C(=O)N1N=Cc1cc(Br)ccc1OCc1ccc([N+](=O)[O-])cc1)[C@H]1C=C[C@H]2C1. The maximum atomic E-state index is 12.8. The first kappa shape index (κ1) is 20.6. The average molecular weight is 496 g/mol. The Hall–Kier alpha value is -3.33. The summed E-state index contributed by atoms with van der Waals surface area (Å²) in [6, 6.07) is 11.5. The fraction of sp³-hybridized carbons (Fsp3) is 0.261. The third kappa shape index (κ3) is 3.52. The van der Waals surface area contributed by atoms with Gasteiger partial charge in [0.25, 0.3) is 17.5 Å². The van der Waals surface area contributed by atoms with Crippen LogP contribution in [0.2, 0.25) is 0 Å². The van der Waals surface area contributed by atoms with Gasteiger partial charge in [-0.1, -0.05) is 28.1 Å². The van der Waals surface area contributed by atoms with Crippen LogP contribution in [0.3, 0.4) is 0 Å². The monoisotopic (exact) mass is 495 g/mol. The molecule has 0 unspecified atom stereocenters. The molecule has 5 rings (SSSR count). The third-order valence-electron chi connectivity index (χ3n) is 6.27. The lowest BCUT2D eigenvalue weighted by molar-refractivity contribution is -0.384. The highest BCUT2D eigenvalue weighted by Crippen LogP contribution is 2.52. The van der Waals surface area contributed by atoms with E-state index in [9.17, 15) is 19.7 Å². The smallest absolute Gasteiger partial charge is 0.269 e. The predicted molar refractivity (Wildman–Crippen MR) is 119 cm³/mol. The minimum atomic E-state index is -0.454. The van der Waals surface area contributed by atoms with Gasteiger partial charge in [0.05, 0.1) is 23.0 Å². The van der Waals surface area contributed by atoms with Crippen molar-refractivity contribution in [1.29, 1.82) is 0 Å². The molecule has 8 nitrogen and oxygen atoms in total. The molecular formula is C23H18BrN3O5. The molecule has 2 aliphatic carbocycles. The van der Waals surface area contributed by atoms with E-state index in [0.29, 0.717) is 11.3 Å². The standard InChI is InChI=1S/C23H18BrN3O5/c24-17-5-8-19(32-12-13-1-6-18(7-2-13)27(30)31)16(10-17)11-25-26-22(28)20-14-3-4-15(9-14)21(20)23(26)29/h1-8,10-11,14-15,20-21H,9,12H2/t14-,15-,20-,21+/m0/s1. The van der Waals surface area contributed by atoms with Gasteiger partial charge in [0.15, 0.2) is 0 Å². The summed E-state index contributed by atoms with van der Waals surface area (Å²) < 4.78 is 6.68. The van der Waals surface area contributed by atoms with Gasteiger partial charge in [-0.15, -0.1) is 0 Å². The Morgan fingerprint density at radius 2 is 1.75 bits per heavy atom. The molecule has 1 saturated carbocycles. The maximum absolute atomic E-state index is 12.8. The first-order valence-corrected chi connectivity index (χ1v) is 11.0. The Morgan fingerprint density at radius 3 is 2.38 bits per heavy atom. The van der Waals surface area contributed by atoms with Crippen LogP contribution in [0.25, 0.3) is 0 Å². The number of rotatable bonds is 6. The van der Waals surface area contributed by atoms with Crippen molar-refractivity contribution in [3.05, 3.63) is 80.3 Å². The van der Waals surface area contributed by atoms with Crippen LogP contribution in [0.4, 0.5) is 5.69 Å². The van der Waals surface area contributed by atoms with Crippen LogP contribution >= 0.6 is 15.9 Å². The van der Waals surface area contributed by atoms with Crippen LogP contribution in [0.15, 0.2) is 64.2 Å². The van der Waals surface area contributed by atoms with Crippen molar-refractivity contribution < 1.29 is 19.2 Å². The first-order chi connectivity index (χ1) is 15.4. The van der Waals surface area contributed by atoms with Crippen LogP contribution < -0.4 is 4.74 Å². The lowest BCUT2D eigenvalue weighted by Gasteiger charge is -2.13. The van der Waals surface area contributed by atoms with Gasteiger partial charge in [0.1, 0.15) is 12.4 Å². The molecule has 0 aromatic heterocycles. The molecule has 1 heterocycles. The summed E-state index contributed by atoms with van der Waals surface area (Å²) in [6.07, 6.45) is 6.42. The van der Waals surface area contributed by atoms with Crippen LogP contribution in [-0.4, -0.2) is 28.0 Å². The van der Waals surface area contributed by atoms with E-state index in [1.165, 1.54) is 18.3 Å². The molecule has 1 saturated heterocycles. The van der Waals surface area contributed by atoms with E-state index in [4.69, 9.17) is 4.74 Å². The molecule has 162 valence electrons.